The van der Waals surface area contributed by atoms with Gasteiger partial charge in [0.2, 0.25) is 0 Å². The van der Waals surface area contributed by atoms with Crippen molar-refractivity contribution in [2.75, 3.05) is 19.1 Å². The molecule has 0 saturated carbocycles. The minimum atomic E-state index is 0.380. The van der Waals surface area contributed by atoms with Crippen molar-refractivity contribution in [2.45, 2.75) is 4.90 Å². The lowest BCUT2D eigenvalue weighted by atomic mass is 10.1. The number of hydrogen-bond acceptors (Lipinski definition) is 5. The number of nitrogen functional groups attached to an aromatic ring is 1. The molecule has 2 N–H and O–H groups in total. The molecule has 1 heterocycles. The lowest BCUT2D eigenvalue weighted by molar-refractivity contribution is 0.403. The van der Waals surface area contributed by atoms with Gasteiger partial charge in [0.1, 0.15) is 5.75 Å². The predicted octanol–water partition coefficient (Wildman–Crippen LogP) is 2.65. The van der Waals surface area contributed by atoms with E-state index in [1.165, 1.54) is 0 Å². The van der Waals surface area contributed by atoms with Crippen LogP contribution in [0.2, 0.25) is 0 Å². The van der Waals surface area contributed by atoms with E-state index in [0.717, 1.165) is 16.2 Å². The van der Waals surface area contributed by atoms with Crippen LogP contribution in [0.1, 0.15) is 0 Å². The van der Waals surface area contributed by atoms with E-state index in [1.807, 2.05) is 24.5 Å². The number of nitrogens with zero attached hydrogens (tertiary/aromatic N) is 1. The number of nitrogens with two attached hydrogens (primary N) is 1. The molecule has 2 aromatic rings. The second-order valence-electron chi connectivity index (χ2n) is 3.16. The van der Waals surface area contributed by atoms with Crippen molar-refractivity contribution >= 4 is 17.6 Å². The highest BCUT2D eigenvalue weighted by molar-refractivity contribution is 7.98. The van der Waals surface area contributed by atoms with E-state index in [2.05, 4.69) is 5.16 Å². The maximum absolute atomic E-state index is 5.54. The molecule has 0 spiro atoms. The molecule has 0 fully saturated rings. The van der Waals surface area contributed by atoms with Crippen molar-refractivity contribution < 1.29 is 9.26 Å². The van der Waals surface area contributed by atoms with E-state index in [9.17, 15) is 0 Å². The van der Waals surface area contributed by atoms with Gasteiger partial charge in [-0.25, -0.2) is 0 Å². The van der Waals surface area contributed by atoms with Gasteiger partial charge < -0.3 is 15.0 Å². The Bertz CT molecular complexity index is 496. The molecule has 5 heteroatoms. The highest BCUT2D eigenvalue weighted by Crippen LogP contribution is 2.37. The molecule has 0 atom stereocenters. The van der Waals surface area contributed by atoms with Crippen LogP contribution in [0.15, 0.2) is 33.7 Å². The average molecular weight is 236 g/mol. The van der Waals surface area contributed by atoms with Crippen LogP contribution in [0.4, 0.5) is 5.82 Å². The molecule has 0 bridgehead atoms. The van der Waals surface area contributed by atoms with Gasteiger partial charge in [0, 0.05) is 11.6 Å². The van der Waals surface area contributed by atoms with Crippen molar-refractivity contribution in [1.82, 2.24) is 5.16 Å². The highest BCUT2D eigenvalue weighted by atomic mass is 32.2. The summed E-state index contributed by atoms with van der Waals surface area (Å²) in [5.74, 6) is 1.85. The second-order valence-corrected chi connectivity index (χ2v) is 3.97. The summed E-state index contributed by atoms with van der Waals surface area (Å²) < 4.78 is 10.4. The van der Waals surface area contributed by atoms with E-state index < -0.39 is 0 Å². The number of anilines is 1. The molecular formula is C11H12N2O2S. The highest BCUT2D eigenvalue weighted by Gasteiger charge is 2.13. The fourth-order valence-corrected chi connectivity index (χ4v) is 2.24. The molecule has 1 aromatic heterocycles. The van der Waals surface area contributed by atoms with E-state index in [-0.39, 0.29) is 0 Å². The SMILES string of the molecule is COc1cccc(-c2cc(N)no2)c1SC. The third kappa shape index (κ3) is 1.86. The van der Waals surface area contributed by atoms with Crippen LogP contribution in [0.25, 0.3) is 11.3 Å². The smallest absolute Gasteiger partial charge is 0.170 e. The fraction of sp³-hybridized carbons (Fsp3) is 0.182. The topological polar surface area (TPSA) is 61.3 Å². The van der Waals surface area contributed by atoms with Gasteiger partial charge in [-0.15, -0.1) is 11.8 Å². The largest absolute Gasteiger partial charge is 0.496 e. The Labute approximate surface area is 97.8 Å². The molecular weight excluding hydrogens is 224 g/mol. The molecule has 0 radical (unpaired) electrons. The summed E-state index contributed by atoms with van der Waals surface area (Å²) in [7, 11) is 1.65. The molecule has 0 aliphatic carbocycles. The number of benzene rings is 1. The molecule has 4 nitrogen and oxygen atoms in total. The van der Waals surface area contributed by atoms with Crippen molar-refractivity contribution in [3.05, 3.63) is 24.3 Å². The maximum atomic E-state index is 5.54. The van der Waals surface area contributed by atoms with Crippen LogP contribution in [0.3, 0.4) is 0 Å². The van der Waals surface area contributed by atoms with E-state index in [4.69, 9.17) is 15.0 Å². The third-order valence-electron chi connectivity index (χ3n) is 2.20. The van der Waals surface area contributed by atoms with Crippen LogP contribution < -0.4 is 10.5 Å². The Morgan fingerprint density at radius 2 is 2.25 bits per heavy atom. The zero-order valence-corrected chi connectivity index (χ0v) is 9.88. The van der Waals surface area contributed by atoms with Crippen molar-refractivity contribution in [3.8, 4) is 17.1 Å². The van der Waals surface area contributed by atoms with Crippen LogP contribution in [0, 0.1) is 0 Å². The van der Waals surface area contributed by atoms with Gasteiger partial charge in [0.15, 0.2) is 11.6 Å². The van der Waals surface area contributed by atoms with Gasteiger partial charge in [0.05, 0.1) is 12.0 Å². The van der Waals surface area contributed by atoms with Crippen molar-refractivity contribution in [3.63, 3.8) is 0 Å². The fourth-order valence-electron chi connectivity index (χ4n) is 1.50. The Hall–Kier alpha value is -1.62. The van der Waals surface area contributed by atoms with Gasteiger partial charge in [0.25, 0.3) is 0 Å². The molecule has 16 heavy (non-hydrogen) atoms. The zero-order valence-electron chi connectivity index (χ0n) is 9.06. The molecule has 0 saturated heterocycles. The summed E-state index contributed by atoms with van der Waals surface area (Å²) in [6.45, 7) is 0. The van der Waals surface area contributed by atoms with Crippen molar-refractivity contribution in [2.24, 2.45) is 0 Å². The monoisotopic (exact) mass is 236 g/mol. The number of hydrogen-bond donors (Lipinski definition) is 1. The first-order chi connectivity index (χ1) is 7.76. The van der Waals surface area contributed by atoms with Crippen LogP contribution >= 0.6 is 11.8 Å². The van der Waals surface area contributed by atoms with E-state index in [0.29, 0.717) is 11.6 Å². The van der Waals surface area contributed by atoms with E-state index >= 15 is 0 Å². The summed E-state index contributed by atoms with van der Waals surface area (Å²) in [5, 5.41) is 3.68. The van der Waals surface area contributed by atoms with Gasteiger partial charge in [-0.3, -0.25) is 0 Å². The Morgan fingerprint density at radius 3 is 2.81 bits per heavy atom. The zero-order chi connectivity index (χ0) is 11.5. The van der Waals surface area contributed by atoms with Crippen LogP contribution in [0.5, 0.6) is 5.75 Å². The lowest BCUT2D eigenvalue weighted by Gasteiger charge is -2.09. The first-order valence-corrected chi connectivity index (χ1v) is 5.92. The van der Waals surface area contributed by atoms with Crippen molar-refractivity contribution in [1.29, 1.82) is 0 Å². The van der Waals surface area contributed by atoms with Gasteiger partial charge >= 0.3 is 0 Å². The predicted molar refractivity (Wildman–Crippen MR) is 64.7 cm³/mol. The minimum absolute atomic E-state index is 0.380. The first-order valence-electron chi connectivity index (χ1n) is 4.70. The Kier molecular flexibility index (Phi) is 3.05. The van der Waals surface area contributed by atoms with Gasteiger partial charge in [-0.05, 0) is 18.4 Å². The average Bonchev–Trinajstić information content (AvgIpc) is 2.74. The number of ether oxygens (including phenoxy) is 1. The molecule has 0 aliphatic rings. The molecule has 2 rings (SSSR count). The Morgan fingerprint density at radius 1 is 1.44 bits per heavy atom. The number of rotatable bonds is 3. The quantitative estimate of drug-likeness (QED) is 0.830. The number of thioether (sulfide) groups is 1. The summed E-state index contributed by atoms with van der Waals surface area (Å²) in [5.41, 5.74) is 6.48. The second kappa shape index (κ2) is 4.49. The maximum Gasteiger partial charge on any atom is 0.170 e. The lowest BCUT2D eigenvalue weighted by Crippen LogP contribution is -1.88. The Balaban J connectivity index is 2.56. The summed E-state index contributed by atoms with van der Waals surface area (Å²) in [4.78, 5) is 1.01. The van der Waals surface area contributed by atoms with Crippen LogP contribution in [-0.4, -0.2) is 18.5 Å². The van der Waals surface area contributed by atoms with Gasteiger partial charge in [-0.2, -0.15) is 0 Å². The van der Waals surface area contributed by atoms with Crippen LogP contribution in [-0.2, 0) is 0 Å². The summed E-state index contributed by atoms with van der Waals surface area (Å²) in [6, 6.07) is 7.48. The summed E-state index contributed by atoms with van der Waals surface area (Å²) in [6.07, 6.45) is 1.99. The standard InChI is InChI=1S/C11H12N2O2S/c1-14-8-5-3-4-7(11(8)16-2)9-6-10(12)13-15-9/h3-6H,1-2H3,(H2,12,13). The normalized spacial score (nSPS) is 10.4. The number of methoxy groups -OCH3 is 1. The molecule has 0 unspecified atom stereocenters. The van der Waals surface area contributed by atoms with E-state index in [1.54, 1.807) is 24.9 Å². The molecule has 1 aromatic carbocycles. The third-order valence-corrected chi connectivity index (χ3v) is 3.03. The minimum Gasteiger partial charge on any atom is -0.496 e. The molecule has 84 valence electrons. The summed E-state index contributed by atoms with van der Waals surface area (Å²) >= 11 is 1.60. The van der Waals surface area contributed by atoms with Gasteiger partial charge in [-0.1, -0.05) is 11.2 Å². The number of aromatic nitrogens is 1. The molecule has 0 aliphatic heterocycles. The molecule has 0 amide bonds. The first kappa shape index (κ1) is 10.9.